The average Bonchev–Trinajstić information content (AvgIpc) is 2.88. The molecule has 2 heterocycles. The standard InChI is InChI=1S/C15H18N2O2/c18-8-6-11-5-7-17(10-11)14-9-12-3-1-2-4-13(12)15(19)16-14/h1-4,9,11,18H,5-8,10H2,(H,16,19). The third-order valence-corrected chi connectivity index (χ3v) is 3.90. The number of aliphatic hydroxyl groups is 1. The van der Waals surface area contributed by atoms with Crippen molar-refractivity contribution < 1.29 is 5.11 Å². The molecule has 3 rings (SSSR count). The first-order chi connectivity index (χ1) is 9.28. The molecule has 0 bridgehead atoms. The van der Waals surface area contributed by atoms with Gasteiger partial charge in [-0.2, -0.15) is 0 Å². The predicted molar refractivity (Wildman–Crippen MR) is 76.6 cm³/mol. The van der Waals surface area contributed by atoms with E-state index in [1.165, 1.54) is 0 Å². The van der Waals surface area contributed by atoms with Crippen molar-refractivity contribution >= 4 is 16.6 Å². The Labute approximate surface area is 111 Å². The molecule has 0 radical (unpaired) electrons. The van der Waals surface area contributed by atoms with Gasteiger partial charge in [-0.1, -0.05) is 18.2 Å². The van der Waals surface area contributed by atoms with Crippen LogP contribution in [0.5, 0.6) is 0 Å². The van der Waals surface area contributed by atoms with Crippen LogP contribution in [0.25, 0.3) is 10.8 Å². The lowest BCUT2D eigenvalue weighted by Crippen LogP contribution is -2.23. The first kappa shape index (κ1) is 12.2. The summed E-state index contributed by atoms with van der Waals surface area (Å²) in [6.45, 7) is 2.10. The van der Waals surface area contributed by atoms with Crippen LogP contribution in [0.15, 0.2) is 35.1 Å². The number of nitrogens with one attached hydrogen (secondary N) is 1. The minimum absolute atomic E-state index is 0.0290. The molecule has 1 aliphatic heterocycles. The van der Waals surface area contributed by atoms with Crippen LogP contribution in [0.4, 0.5) is 5.82 Å². The number of aromatic amines is 1. The smallest absolute Gasteiger partial charge is 0.257 e. The number of hydrogen-bond donors (Lipinski definition) is 2. The molecule has 2 aromatic rings. The zero-order valence-corrected chi connectivity index (χ0v) is 10.8. The van der Waals surface area contributed by atoms with Gasteiger partial charge in [0.25, 0.3) is 5.56 Å². The molecule has 1 aliphatic rings. The highest BCUT2D eigenvalue weighted by atomic mass is 16.3. The normalized spacial score (nSPS) is 19.2. The van der Waals surface area contributed by atoms with Gasteiger partial charge in [-0.05, 0) is 36.3 Å². The SMILES string of the molecule is O=c1[nH]c(N2CCC(CCO)C2)cc2ccccc12. The molecular formula is C15H18N2O2. The molecule has 1 aromatic heterocycles. The van der Waals surface area contributed by atoms with Crippen LogP contribution < -0.4 is 10.5 Å². The first-order valence-corrected chi connectivity index (χ1v) is 6.76. The van der Waals surface area contributed by atoms with Crippen molar-refractivity contribution in [1.82, 2.24) is 4.98 Å². The summed E-state index contributed by atoms with van der Waals surface area (Å²) in [5.74, 6) is 1.42. The quantitative estimate of drug-likeness (QED) is 0.881. The van der Waals surface area contributed by atoms with E-state index in [4.69, 9.17) is 5.11 Å². The Balaban J connectivity index is 1.92. The lowest BCUT2D eigenvalue weighted by molar-refractivity contribution is 0.263. The number of benzene rings is 1. The molecule has 0 amide bonds. The number of aromatic nitrogens is 1. The highest BCUT2D eigenvalue weighted by molar-refractivity contribution is 5.83. The van der Waals surface area contributed by atoms with Crippen LogP contribution in [0.2, 0.25) is 0 Å². The number of nitrogens with zero attached hydrogens (tertiary/aromatic N) is 1. The van der Waals surface area contributed by atoms with Crippen LogP contribution in [-0.4, -0.2) is 29.8 Å². The second-order valence-electron chi connectivity index (χ2n) is 5.18. The fourth-order valence-corrected chi connectivity index (χ4v) is 2.84. The van der Waals surface area contributed by atoms with Gasteiger partial charge >= 0.3 is 0 Å². The fourth-order valence-electron chi connectivity index (χ4n) is 2.84. The van der Waals surface area contributed by atoms with Crippen LogP contribution in [0, 0.1) is 5.92 Å². The monoisotopic (exact) mass is 258 g/mol. The number of rotatable bonds is 3. The Morgan fingerprint density at radius 2 is 2.21 bits per heavy atom. The number of fused-ring (bicyclic) bond motifs is 1. The molecule has 4 heteroatoms. The van der Waals surface area contributed by atoms with Gasteiger partial charge in [0.2, 0.25) is 0 Å². The topological polar surface area (TPSA) is 56.3 Å². The van der Waals surface area contributed by atoms with Gasteiger partial charge in [0.15, 0.2) is 0 Å². The summed E-state index contributed by atoms with van der Waals surface area (Å²) < 4.78 is 0. The van der Waals surface area contributed by atoms with E-state index in [0.717, 1.165) is 42.5 Å². The molecule has 0 aliphatic carbocycles. The van der Waals surface area contributed by atoms with Crippen molar-refractivity contribution in [1.29, 1.82) is 0 Å². The molecule has 1 fully saturated rings. The molecule has 1 atom stereocenters. The second-order valence-corrected chi connectivity index (χ2v) is 5.18. The van der Waals surface area contributed by atoms with Gasteiger partial charge in [-0.25, -0.2) is 0 Å². The number of anilines is 1. The number of pyridine rings is 1. The van der Waals surface area contributed by atoms with Crippen LogP contribution in [0.3, 0.4) is 0 Å². The Hall–Kier alpha value is -1.81. The van der Waals surface area contributed by atoms with E-state index < -0.39 is 0 Å². The number of aliphatic hydroxyl groups excluding tert-OH is 1. The molecule has 0 saturated carbocycles. The molecule has 1 saturated heterocycles. The highest BCUT2D eigenvalue weighted by Crippen LogP contribution is 2.25. The van der Waals surface area contributed by atoms with Gasteiger partial charge in [0, 0.05) is 25.1 Å². The Bertz CT molecular complexity index is 635. The van der Waals surface area contributed by atoms with Crippen LogP contribution in [-0.2, 0) is 0 Å². The van der Waals surface area contributed by atoms with Crippen molar-refractivity contribution in [3.63, 3.8) is 0 Å². The number of hydrogen-bond acceptors (Lipinski definition) is 3. The molecular weight excluding hydrogens is 240 g/mol. The van der Waals surface area contributed by atoms with Crippen molar-refractivity contribution in [2.75, 3.05) is 24.6 Å². The van der Waals surface area contributed by atoms with E-state index in [1.807, 2.05) is 30.3 Å². The zero-order valence-electron chi connectivity index (χ0n) is 10.8. The molecule has 0 spiro atoms. The van der Waals surface area contributed by atoms with E-state index in [1.54, 1.807) is 0 Å². The van der Waals surface area contributed by atoms with E-state index in [9.17, 15) is 4.79 Å². The number of H-pyrrole nitrogens is 1. The maximum Gasteiger partial charge on any atom is 0.257 e. The highest BCUT2D eigenvalue weighted by Gasteiger charge is 2.22. The molecule has 100 valence electrons. The van der Waals surface area contributed by atoms with Gasteiger partial charge in [0.1, 0.15) is 5.82 Å². The molecule has 19 heavy (non-hydrogen) atoms. The minimum atomic E-state index is -0.0290. The summed E-state index contributed by atoms with van der Waals surface area (Å²) in [6, 6.07) is 9.68. The fraction of sp³-hybridized carbons (Fsp3) is 0.400. The van der Waals surface area contributed by atoms with E-state index >= 15 is 0 Å². The predicted octanol–water partition coefficient (Wildman–Crippen LogP) is 1.74. The van der Waals surface area contributed by atoms with Crippen LogP contribution in [0.1, 0.15) is 12.8 Å². The largest absolute Gasteiger partial charge is 0.396 e. The molecule has 1 aromatic carbocycles. The summed E-state index contributed by atoms with van der Waals surface area (Å²) in [6.07, 6.45) is 1.92. The maximum atomic E-state index is 12.0. The van der Waals surface area contributed by atoms with Gasteiger partial charge in [0.05, 0.1) is 0 Å². The third kappa shape index (κ3) is 2.36. The van der Waals surface area contributed by atoms with Gasteiger partial charge < -0.3 is 15.0 Å². The third-order valence-electron chi connectivity index (χ3n) is 3.90. The van der Waals surface area contributed by atoms with E-state index in [0.29, 0.717) is 5.92 Å². The van der Waals surface area contributed by atoms with Crippen molar-refractivity contribution in [3.8, 4) is 0 Å². The van der Waals surface area contributed by atoms with Crippen LogP contribution >= 0.6 is 0 Å². The lowest BCUT2D eigenvalue weighted by atomic mass is 10.1. The summed E-state index contributed by atoms with van der Waals surface area (Å²) in [5.41, 5.74) is -0.0290. The maximum absolute atomic E-state index is 12.0. The molecule has 2 N–H and O–H groups in total. The second kappa shape index (κ2) is 5.05. The summed E-state index contributed by atoms with van der Waals surface area (Å²) >= 11 is 0. The zero-order chi connectivity index (χ0) is 13.2. The van der Waals surface area contributed by atoms with Gasteiger partial charge in [-0.3, -0.25) is 4.79 Å². The lowest BCUT2D eigenvalue weighted by Gasteiger charge is -2.18. The summed E-state index contributed by atoms with van der Waals surface area (Å²) in [4.78, 5) is 17.2. The van der Waals surface area contributed by atoms with E-state index in [2.05, 4.69) is 9.88 Å². The van der Waals surface area contributed by atoms with Crippen molar-refractivity contribution in [3.05, 3.63) is 40.7 Å². The molecule has 4 nitrogen and oxygen atoms in total. The van der Waals surface area contributed by atoms with Crippen molar-refractivity contribution in [2.24, 2.45) is 5.92 Å². The summed E-state index contributed by atoms with van der Waals surface area (Å²) in [5, 5.41) is 10.7. The Morgan fingerprint density at radius 3 is 3.05 bits per heavy atom. The average molecular weight is 258 g/mol. The van der Waals surface area contributed by atoms with E-state index in [-0.39, 0.29) is 12.2 Å². The Kier molecular flexibility index (Phi) is 3.25. The minimum Gasteiger partial charge on any atom is -0.396 e. The van der Waals surface area contributed by atoms with Crippen molar-refractivity contribution in [2.45, 2.75) is 12.8 Å². The summed E-state index contributed by atoms with van der Waals surface area (Å²) in [7, 11) is 0. The Morgan fingerprint density at radius 1 is 1.37 bits per heavy atom. The van der Waals surface area contributed by atoms with Gasteiger partial charge in [-0.15, -0.1) is 0 Å². The first-order valence-electron chi connectivity index (χ1n) is 6.76. The molecule has 1 unspecified atom stereocenters.